The van der Waals surface area contributed by atoms with E-state index in [1.807, 2.05) is 13.8 Å². The average Bonchev–Trinajstić information content (AvgIpc) is 2.45. The van der Waals surface area contributed by atoms with Gasteiger partial charge in [-0.25, -0.2) is 4.39 Å². The number of halogens is 1. The normalized spacial score (nSPS) is 10.8. The van der Waals surface area contributed by atoms with Crippen LogP contribution in [0.5, 0.6) is 0 Å². The van der Waals surface area contributed by atoms with E-state index in [0.29, 0.717) is 18.6 Å². The standard InChI is InChI=1S/C14H16FN3O2/c1-3-7-16-14(20)12-13(19)10-8-9(15)5-6-11(10)18(4-2)17-12/h5-6,8H,3-4,7H2,1-2H3,(H,16,20). The lowest BCUT2D eigenvalue weighted by Gasteiger charge is -2.10. The Morgan fingerprint density at radius 2 is 2.15 bits per heavy atom. The molecular weight excluding hydrogens is 261 g/mol. The van der Waals surface area contributed by atoms with Crippen LogP contribution in [0.25, 0.3) is 10.9 Å². The van der Waals surface area contributed by atoms with Crippen LogP contribution in [0.4, 0.5) is 4.39 Å². The molecular formula is C14H16FN3O2. The van der Waals surface area contributed by atoms with Crippen molar-refractivity contribution in [1.82, 2.24) is 15.1 Å². The third-order valence-corrected chi connectivity index (χ3v) is 2.97. The summed E-state index contributed by atoms with van der Waals surface area (Å²) in [5.74, 6) is -1.03. The minimum absolute atomic E-state index is 0.170. The Balaban J connectivity index is 2.64. The molecule has 0 atom stereocenters. The summed E-state index contributed by atoms with van der Waals surface area (Å²) in [7, 11) is 0. The van der Waals surface area contributed by atoms with Gasteiger partial charge in [-0.3, -0.25) is 14.3 Å². The van der Waals surface area contributed by atoms with Gasteiger partial charge < -0.3 is 5.32 Å². The highest BCUT2D eigenvalue weighted by molar-refractivity contribution is 5.95. The van der Waals surface area contributed by atoms with Gasteiger partial charge in [0.15, 0.2) is 5.69 Å². The number of fused-ring (bicyclic) bond motifs is 1. The van der Waals surface area contributed by atoms with E-state index in [4.69, 9.17) is 0 Å². The van der Waals surface area contributed by atoms with Crippen molar-refractivity contribution in [3.8, 4) is 0 Å². The topological polar surface area (TPSA) is 64.0 Å². The van der Waals surface area contributed by atoms with Crippen LogP contribution < -0.4 is 10.7 Å². The number of hydrogen-bond acceptors (Lipinski definition) is 3. The Kier molecular flexibility index (Phi) is 4.12. The van der Waals surface area contributed by atoms with Crippen molar-refractivity contribution in [1.29, 1.82) is 0 Å². The molecule has 2 rings (SSSR count). The van der Waals surface area contributed by atoms with Gasteiger partial charge in [-0.1, -0.05) is 6.92 Å². The maximum absolute atomic E-state index is 13.3. The van der Waals surface area contributed by atoms with Crippen LogP contribution in [-0.2, 0) is 6.54 Å². The zero-order chi connectivity index (χ0) is 14.7. The molecule has 0 saturated heterocycles. The second-order valence-electron chi connectivity index (χ2n) is 4.41. The summed E-state index contributed by atoms with van der Waals surface area (Å²) in [6.07, 6.45) is 0.760. The molecule has 1 aromatic heterocycles. The van der Waals surface area contributed by atoms with Crippen LogP contribution in [0, 0.1) is 5.82 Å². The molecule has 1 N–H and O–H groups in total. The molecule has 0 radical (unpaired) electrons. The number of hydrogen-bond donors (Lipinski definition) is 1. The third kappa shape index (κ3) is 2.54. The van der Waals surface area contributed by atoms with Gasteiger partial charge in [-0.05, 0) is 31.5 Å². The van der Waals surface area contributed by atoms with Gasteiger partial charge in [-0.2, -0.15) is 5.10 Å². The predicted octanol–water partition coefficient (Wildman–Crippen LogP) is 1.70. The molecule has 1 amide bonds. The molecule has 106 valence electrons. The van der Waals surface area contributed by atoms with E-state index in [1.165, 1.54) is 16.8 Å². The Labute approximate surface area is 115 Å². The van der Waals surface area contributed by atoms with Crippen molar-refractivity contribution in [2.45, 2.75) is 26.8 Å². The average molecular weight is 277 g/mol. The molecule has 1 heterocycles. The van der Waals surface area contributed by atoms with Gasteiger partial charge in [0.2, 0.25) is 5.43 Å². The molecule has 1 aromatic carbocycles. The first-order chi connectivity index (χ1) is 9.58. The highest BCUT2D eigenvalue weighted by Crippen LogP contribution is 2.12. The van der Waals surface area contributed by atoms with E-state index in [9.17, 15) is 14.0 Å². The molecule has 5 nitrogen and oxygen atoms in total. The second-order valence-corrected chi connectivity index (χ2v) is 4.41. The SMILES string of the molecule is CCCNC(=O)c1nn(CC)c2ccc(F)cc2c1=O. The minimum atomic E-state index is -0.544. The molecule has 0 aliphatic heterocycles. The van der Waals surface area contributed by atoms with Crippen molar-refractivity contribution in [2.75, 3.05) is 6.54 Å². The first-order valence-corrected chi connectivity index (χ1v) is 6.57. The highest BCUT2D eigenvalue weighted by Gasteiger charge is 2.16. The van der Waals surface area contributed by atoms with E-state index in [1.54, 1.807) is 0 Å². The van der Waals surface area contributed by atoms with Crippen molar-refractivity contribution in [3.63, 3.8) is 0 Å². The number of amides is 1. The van der Waals surface area contributed by atoms with E-state index in [2.05, 4.69) is 10.4 Å². The maximum Gasteiger partial charge on any atom is 0.275 e. The Morgan fingerprint density at radius 3 is 2.80 bits per heavy atom. The van der Waals surface area contributed by atoms with Gasteiger partial charge in [0, 0.05) is 13.1 Å². The summed E-state index contributed by atoms with van der Waals surface area (Å²) in [6.45, 7) is 4.70. The van der Waals surface area contributed by atoms with E-state index in [0.717, 1.165) is 12.5 Å². The fraction of sp³-hybridized carbons (Fsp3) is 0.357. The number of carbonyl (C=O) groups is 1. The van der Waals surface area contributed by atoms with Crippen molar-refractivity contribution < 1.29 is 9.18 Å². The van der Waals surface area contributed by atoms with Crippen LogP contribution in [-0.4, -0.2) is 22.2 Å². The Bertz CT molecular complexity index is 709. The van der Waals surface area contributed by atoms with Crippen LogP contribution in [0.15, 0.2) is 23.0 Å². The fourth-order valence-electron chi connectivity index (χ4n) is 1.97. The summed E-state index contributed by atoms with van der Waals surface area (Å²) in [6, 6.07) is 3.91. The van der Waals surface area contributed by atoms with Gasteiger partial charge in [0.05, 0.1) is 10.9 Å². The molecule has 0 spiro atoms. The van der Waals surface area contributed by atoms with Gasteiger partial charge in [-0.15, -0.1) is 0 Å². The van der Waals surface area contributed by atoms with Crippen LogP contribution >= 0.6 is 0 Å². The predicted molar refractivity (Wildman–Crippen MR) is 74.3 cm³/mol. The van der Waals surface area contributed by atoms with E-state index in [-0.39, 0.29) is 11.1 Å². The summed E-state index contributed by atoms with van der Waals surface area (Å²) < 4.78 is 14.8. The maximum atomic E-state index is 13.3. The van der Waals surface area contributed by atoms with Gasteiger partial charge in [0.1, 0.15) is 5.82 Å². The zero-order valence-electron chi connectivity index (χ0n) is 11.4. The number of carbonyl (C=O) groups excluding carboxylic acids is 1. The largest absolute Gasteiger partial charge is 0.351 e. The van der Waals surface area contributed by atoms with Crippen molar-refractivity contribution in [2.24, 2.45) is 0 Å². The molecule has 0 saturated carbocycles. The highest BCUT2D eigenvalue weighted by atomic mass is 19.1. The molecule has 6 heteroatoms. The first kappa shape index (κ1) is 14.2. The summed E-state index contributed by atoms with van der Waals surface area (Å²) in [5.41, 5.74) is -0.220. The zero-order valence-corrected chi connectivity index (χ0v) is 11.4. The Morgan fingerprint density at radius 1 is 1.40 bits per heavy atom. The lowest BCUT2D eigenvalue weighted by Crippen LogP contribution is -2.32. The summed E-state index contributed by atoms with van der Waals surface area (Å²) in [5, 5.41) is 6.85. The summed E-state index contributed by atoms with van der Waals surface area (Å²) in [4.78, 5) is 24.2. The van der Waals surface area contributed by atoms with Crippen LogP contribution in [0.3, 0.4) is 0 Å². The van der Waals surface area contributed by atoms with E-state index >= 15 is 0 Å². The summed E-state index contributed by atoms with van der Waals surface area (Å²) >= 11 is 0. The number of aromatic nitrogens is 2. The molecule has 0 aliphatic rings. The monoisotopic (exact) mass is 277 g/mol. The number of benzene rings is 1. The lowest BCUT2D eigenvalue weighted by atomic mass is 10.2. The number of rotatable bonds is 4. The second kappa shape index (κ2) is 5.81. The van der Waals surface area contributed by atoms with Crippen LogP contribution in [0.2, 0.25) is 0 Å². The fourth-order valence-corrected chi connectivity index (χ4v) is 1.97. The van der Waals surface area contributed by atoms with Gasteiger partial charge in [0.25, 0.3) is 5.91 Å². The third-order valence-electron chi connectivity index (χ3n) is 2.97. The smallest absolute Gasteiger partial charge is 0.275 e. The molecule has 0 aliphatic carbocycles. The molecule has 20 heavy (non-hydrogen) atoms. The number of nitrogens with one attached hydrogen (secondary N) is 1. The van der Waals surface area contributed by atoms with Crippen molar-refractivity contribution in [3.05, 3.63) is 39.9 Å². The molecule has 0 bridgehead atoms. The number of aryl methyl sites for hydroxylation is 1. The first-order valence-electron chi connectivity index (χ1n) is 6.57. The van der Waals surface area contributed by atoms with Gasteiger partial charge >= 0.3 is 0 Å². The number of nitrogens with zero attached hydrogens (tertiary/aromatic N) is 2. The Hall–Kier alpha value is -2.24. The molecule has 0 fully saturated rings. The lowest BCUT2D eigenvalue weighted by molar-refractivity contribution is 0.0945. The van der Waals surface area contributed by atoms with Crippen LogP contribution in [0.1, 0.15) is 30.8 Å². The minimum Gasteiger partial charge on any atom is -0.351 e. The quantitative estimate of drug-likeness (QED) is 0.925. The molecule has 2 aromatic rings. The van der Waals surface area contributed by atoms with E-state index < -0.39 is 17.2 Å². The molecule has 0 unspecified atom stereocenters. The van der Waals surface area contributed by atoms with Crippen molar-refractivity contribution >= 4 is 16.8 Å².